The maximum atomic E-state index is 16.0. The number of carbonyl (C=O) groups is 2. The minimum Gasteiger partial charge on any atom is -0.477 e. The molecule has 14 heteroatoms. The number of amides is 1. The molecule has 2 saturated heterocycles. The molecule has 2 atom stereocenters. The Balaban J connectivity index is 1.50. The molecule has 1 amide bonds. The lowest BCUT2D eigenvalue weighted by molar-refractivity contribution is 0.0694. The van der Waals surface area contributed by atoms with Gasteiger partial charge in [0.2, 0.25) is 5.43 Å². The number of aromatic carboxylic acids is 1. The smallest absolute Gasteiger partial charge is 0.415 e. The first-order chi connectivity index (χ1) is 22.0. The molecule has 0 saturated carbocycles. The third kappa shape index (κ3) is 4.51. The van der Waals surface area contributed by atoms with Crippen molar-refractivity contribution in [2.45, 2.75) is 18.9 Å². The van der Waals surface area contributed by atoms with Crippen molar-refractivity contribution in [1.82, 2.24) is 19.4 Å². The number of pyridine rings is 3. The molecule has 3 aromatic heterocycles. The summed E-state index contributed by atoms with van der Waals surface area (Å²) in [4.78, 5) is 52.5. The number of anilines is 2. The Bertz CT molecular complexity index is 2040. The van der Waals surface area contributed by atoms with E-state index >= 15 is 8.78 Å². The second-order valence-corrected chi connectivity index (χ2v) is 12.3. The van der Waals surface area contributed by atoms with E-state index in [0.717, 1.165) is 30.5 Å². The number of halogens is 3. The highest BCUT2D eigenvalue weighted by Crippen LogP contribution is 2.52. The molecule has 46 heavy (non-hydrogen) atoms. The number of likely N-dealkylation sites (N-methyl/N-ethyl adjacent to an activating group) is 1. The van der Waals surface area contributed by atoms with Gasteiger partial charge in [0.1, 0.15) is 11.2 Å². The molecule has 3 aliphatic rings. The van der Waals surface area contributed by atoms with Crippen LogP contribution in [0, 0.1) is 17.6 Å². The summed E-state index contributed by atoms with van der Waals surface area (Å²) in [5, 5.41) is 9.75. The van der Waals surface area contributed by atoms with Gasteiger partial charge in [0.15, 0.2) is 17.7 Å². The number of likely N-dealkylation sites (tertiary alicyclic amines) is 1. The summed E-state index contributed by atoms with van der Waals surface area (Å²) in [7, 11) is 5.05. The standard InChI is InChI=1S/C32H29ClF2N6O5/c1-38-11-15-4-5-41(24(15)13-38)28-19(16-6-18-29(42)20(31(43)44)12-39(2)30(18)37-9-16)10-36-22-7-17-23(40(3)32(45)46-14-33)8-21(34)27(35)25(17)26(22)28/h6,8-10,12,15,24H,4-5,7,11,13-14H2,1-3H3,(H,43,44)/t15-,24+/m1/s1. The number of carboxylic acid groups (broad SMARTS) is 1. The molecular formula is C32H29ClF2N6O5. The van der Waals surface area contributed by atoms with Crippen LogP contribution in [0.1, 0.15) is 28.0 Å². The van der Waals surface area contributed by atoms with Crippen LogP contribution in [-0.4, -0.2) is 82.4 Å². The molecule has 238 valence electrons. The lowest BCUT2D eigenvalue weighted by Crippen LogP contribution is -2.35. The maximum Gasteiger partial charge on any atom is 0.415 e. The second kappa shape index (κ2) is 11.0. The van der Waals surface area contributed by atoms with Crippen molar-refractivity contribution < 1.29 is 28.2 Å². The molecule has 0 spiro atoms. The molecule has 4 aromatic rings. The Labute approximate surface area is 266 Å². The van der Waals surface area contributed by atoms with Crippen LogP contribution in [0.15, 0.2) is 35.5 Å². The molecule has 0 bridgehead atoms. The van der Waals surface area contributed by atoms with Crippen LogP contribution in [0.2, 0.25) is 0 Å². The largest absolute Gasteiger partial charge is 0.477 e. The minimum absolute atomic E-state index is 0.00695. The highest BCUT2D eigenvalue weighted by Gasteiger charge is 2.44. The van der Waals surface area contributed by atoms with Crippen LogP contribution < -0.4 is 15.2 Å². The molecule has 2 aliphatic heterocycles. The van der Waals surface area contributed by atoms with Gasteiger partial charge in [-0.15, -0.1) is 0 Å². The fourth-order valence-electron chi connectivity index (χ4n) is 7.36. The summed E-state index contributed by atoms with van der Waals surface area (Å²) < 4.78 is 37.8. The Hall–Kier alpha value is -4.62. The number of rotatable bonds is 5. The number of fused-ring (bicyclic) bond motifs is 5. The van der Waals surface area contributed by atoms with Crippen molar-refractivity contribution in [3.63, 3.8) is 0 Å². The van der Waals surface area contributed by atoms with E-state index in [1.54, 1.807) is 25.5 Å². The molecule has 5 heterocycles. The predicted octanol–water partition coefficient (Wildman–Crippen LogP) is 4.45. The number of benzene rings is 1. The fourth-order valence-corrected chi connectivity index (χ4v) is 7.45. The van der Waals surface area contributed by atoms with Gasteiger partial charge in [0, 0.05) is 93.1 Å². The molecule has 7 rings (SSSR count). The first kappa shape index (κ1) is 30.1. The quantitative estimate of drug-likeness (QED) is 0.275. The molecular weight excluding hydrogens is 622 g/mol. The second-order valence-electron chi connectivity index (χ2n) is 12.1. The van der Waals surface area contributed by atoms with Gasteiger partial charge in [-0.05, 0) is 31.0 Å². The lowest BCUT2D eigenvalue weighted by Gasteiger charge is -2.31. The normalized spacial score (nSPS) is 18.5. The first-order valence-electron chi connectivity index (χ1n) is 14.7. The Morgan fingerprint density at radius 1 is 1.15 bits per heavy atom. The van der Waals surface area contributed by atoms with Crippen molar-refractivity contribution in [2.24, 2.45) is 13.0 Å². The van der Waals surface area contributed by atoms with Crippen molar-refractivity contribution in [3.05, 3.63) is 69.4 Å². The van der Waals surface area contributed by atoms with Crippen LogP contribution in [0.5, 0.6) is 0 Å². The zero-order valence-corrected chi connectivity index (χ0v) is 25.9. The monoisotopic (exact) mass is 650 g/mol. The number of aryl methyl sites for hydroxylation is 1. The van der Waals surface area contributed by atoms with Crippen LogP contribution in [0.25, 0.3) is 33.3 Å². The fraction of sp³-hybridized carbons (Fsp3) is 0.344. The maximum absolute atomic E-state index is 16.0. The summed E-state index contributed by atoms with van der Waals surface area (Å²) in [6, 6.07) is 2.22. The summed E-state index contributed by atoms with van der Waals surface area (Å²) >= 11 is 5.60. The van der Waals surface area contributed by atoms with E-state index < -0.39 is 40.8 Å². The van der Waals surface area contributed by atoms with Crippen molar-refractivity contribution in [2.75, 3.05) is 49.6 Å². The van der Waals surface area contributed by atoms with Gasteiger partial charge in [-0.25, -0.2) is 23.4 Å². The number of aromatic nitrogens is 3. The van der Waals surface area contributed by atoms with E-state index in [9.17, 15) is 19.5 Å². The summed E-state index contributed by atoms with van der Waals surface area (Å²) in [6.45, 7) is 2.31. The minimum atomic E-state index is -1.36. The van der Waals surface area contributed by atoms with Gasteiger partial charge < -0.3 is 24.2 Å². The Kier molecular flexibility index (Phi) is 7.20. The number of alkyl halides is 1. The molecule has 1 aliphatic carbocycles. The zero-order chi connectivity index (χ0) is 32.6. The summed E-state index contributed by atoms with van der Waals surface area (Å²) in [5.74, 6) is -3.20. The van der Waals surface area contributed by atoms with E-state index in [4.69, 9.17) is 21.3 Å². The molecule has 1 aromatic carbocycles. The third-order valence-electron chi connectivity index (χ3n) is 9.41. The average Bonchev–Trinajstić information content (AvgIpc) is 3.72. The molecule has 0 radical (unpaired) electrons. The van der Waals surface area contributed by atoms with Gasteiger partial charge in [-0.1, -0.05) is 11.6 Å². The zero-order valence-electron chi connectivity index (χ0n) is 25.2. The van der Waals surface area contributed by atoms with Crippen LogP contribution in [-0.2, 0) is 18.2 Å². The molecule has 0 unspecified atom stereocenters. The topological polar surface area (TPSA) is 121 Å². The van der Waals surface area contributed by atoms with E-state index in [1.165, 1.54) is 17.8 Å². The van der Waals surface area contributed by atoms with Gasteiger partial charge in [0.25, 0.3) is 0 Å². The number of carbonyl (C=O) groups excluding carboxylic acids is 1. The lowest BCUT2D eigenvalue weighted by atomic mass is 9.96. The first-order valence-corrected chi connectivity index (χ1v) is 15.2. The van der Waals surface area contributed by atoms with Crippen LogP contribution >= 0.6 is 11.6 Å². The van der Waals surface area contributed by atoms with Crippen molar-refractivity contribution in [3.8, 4) is 22.3 Å². The van der Waals surface area contributed by atoms with Gasteiger partial charge in [0.05, 0.1) is 22.5 Å². The number of hydrogen-bond acceptors (Lipinski definition) is 8. The number of hydrogen-bond donors (Lipinski definition) is 1. The molecule has 2 fully saturated rings. The van der Waals surface area contributed by atoms with Gasteiger partial charge in [-0.3, -0.25) is 14.7 Å². The number of nitrogens with zero attached hydrogens (tertiary/aromatic N) is 6. The van der Waals surface area contributed by atoms with E-state index in [-0.39, 0.29) is 29.1 Å². The summed E-state index contributed by atoms with van der Waals surface area (Å²) in [5.41, 5.74) is 2.29. The van der Waals surface area contributed by atoms with E-state index in [2.05, 4.69) is 14.8 Å². The molecule has 1 N–H and O–H groups in total. The Morgan fingerprint density at radius 2 is 1.93 bits per heavy atom. The Morgan fingerprint density at radius 3 is 2.67 bits per heavy atom. The van der Waals surface area contributed by atoms with E-state index in [1.807, 2.05) is 7.05 Å². The predicted molar refractivity (Wildman–Crippen MR) is 168 cm³/mol. The van der Waals surface area contributed by atoms with E-state index in [0.29, 0.717) is 51.7 Å². The third-order valence-corrected chi connectivity index (χ3v) is 9.52. The number of carboxylic acids is 1. The average molecular weight is 651 g/mol. The summed E-state index contributed by atoms with van der Waals surface area (Å²) in [6.07, 6.45) is 4.63. The van der Waals surface area contributed by atoms with Crippen molar-refractivity contribution in [1.29, 1.82) is 0 Å². The van der Waals surface area contributed by atoms with Crippen LogP contribution in [0.3, 0.4) is 0 Å². The number of ether oxygens (including phenoxy) is 1. The molecule has 11 nitrogen and oxygen atoms in total. The van der Waals surface area contributed by atoms with Crippen molar-refractivity contribution >= 4 is 46.1 Å². The van der Waals surface area contributed by atoms with Gasteiger partial charge >= 0.3 is 12.1 Å². The van der Waals surface area contributed by atoms with Crippen LogP contribution in [0.4, 0.5) is 25.0 Å². The highest BCUT2D eigenvalue weighted by atomic mass is 35.5. The highest BCUT2D eigenvalue weighted by molar-refractivity contribution is 6.17. The van der Waals surface area contributed by atoms with Gasteiger partial charge in [-0.2, -0.15) is 0 Å². The SMILES string of the molecule is CN1C[C@H]2CCN(c3c(-c4cnc5c(c4)c(=O)c(C(=O)O)cn5C)cnc4c3-c3c(F)c(F)cc(N(C)C(=O)OCCl)c3C4)[C@H]2C1.